The van der Waals surface area contributed by atoms with Crippen molar-refractivity contribution in [2.24, 2.45) is 5.92 Å². The van der Waals surface area contributed by atoms with Crippen molar-refractivity contribution in [3.8, 4) is 0 Å². The number of rotatable bonds is 3. The van der Waals surface area contributed by atoms with E-state index in [1.165, 1.54) is 5.56 Å². The van der Waals surface area contributed by atoms with E-state index in [9.17, 15) is 13.2 Å². The van der Waals surface area contributed by atoms with E-state index in [0.717, 1.165) is 47.2 Å². The molecule has 0 radical (unpaired) electrons. The number of furan rings is 1. The highest BCUT2D eigenvalue weighted by Crippen LogP contribution is 2.41. The number of aryl methyl sites for hydroxylation is 2. The average molecular weight is 461 g/mol. The number of anilines is 2. The van der Waals surface area contributed by atoms with Gasteiger partial charge in [-0.15, -0.1) is 0 Å². The molecule has 2 heterocycles. The zero-order chi connectivity index (χ0) is 23.1. The van der Waals surface area contributed by atoms with Crippen LogP contribution in [0.1, 0.15) is 40.6 Å². The lowest BCUT2D eigenvalue weighted by atomic mass is 9.88. The van der Waals surface area contributed by atoms with Gasteiger partial charge in [-0.05, 0) is 61.6 Å². The number of hydrogen-bond acceptors (Lipinski definition) is 4. The van der Waals surface area contributed by atoms with Crippen molar-refractivity contribution in [3.05, 3.63) is 64.9 Å². The fourth-order valence-corrected chi connectivity index (χ4v) is 6.58. The van der Waals surface area contributed by atoms with Crippen LogP contribution in [0.2, 0.25) is 0 Å². The third-order valence-electron chi connectivity index (χ3n) is 7.05. The lowest BCUT2D eigenvalue weighted by Gasteiger charge is -2.17. The molecule has 0 unspecified atom stereocenters. The molecule has 1 aliphatic heterocycles. The fourth-order valence-electron chi connectivity index (χ4n) is 5.25. The highest BCUT2D eigenvalue weighted by atomic mass is 32.2. The molecule has 7 heteroatoms. The van der Waals surface area contributed by atoms with Crippen LogP contribution in [0.3, 0.4) is 0 Å². The van der Waals surface area contributed by atoms with Gasteiger partial charge in [0.1, 0.15) is 11.3 Å². The second-order valence-electron chi connectivity index (χ2n) is 9.30. The maximum absolute atomic E-state index is 13.6. The van der Waals surface area contributed by atoms with Crippen LogP contribution in [0.5, 0.6) is 0 Å². The van der Waals surface area contributed by atoms with Crippen molar-refractivity contribution in [1.29, 1.82) is 0 Å². The van der Waals surface area contributed by atoms with E-state index in [1.807, 2.05) is 19.1 Å². The molecule has 1 N–H and O–H groups in total. The molecule has 3 aromatic carbocycles. The summed E-state index contributed by atoms with van der Waals surface area (Å²) in [6.07, 6.45) is 2.96. The van der Waals surface area contributed by atoms with Crippen molar-refractivity contribution < 1.29 is 17.6 Å². The van der Waals surface area contributed by atoms with Gasteiger partial charge in [-0.3, -0.25) is 9.52 Å². The van der Waals surface area contributed by atoms with Crippen LogP contribution >= 0.6 is 0 Å². The average Bonchev–Trinajstić information content (AvgIpc) is 3.25. The molecule has 0 fully saturated rings. The van der Waals surface area contributed by atoms with Gasteiger partial charge in [0, 0.05) is 40.8 Å². The fraction of sp³-hybridized carbons (Fsp3) is 0.269. The molecule has 0 saturated carbocycles. The SMILES string of the molecule is Cc1cc2oc3c(c2cc1NS(=O)(=O)c1ccc2c4c(cccc14)C(=O)N2C)C[C@@H](C)CC3. The van der Waals surface area contributed by atoms with Crippen LogP contribution < -0.4 is 9.62 Å². The summed E-state index contributed by atoms with van der Waals surface area (Å²) >= 11 is 0. The molecule has 1 aliphatic carbocycles. The van der Waals surface area contributed by atoms with Gasteiger partial charge in [0.15, 0.2) is 0 Å². The van der Waals surface area contributed by atoms with Gasteiger partial charge >= 0.3 is 0 Å². The van der Waals surface area contributed by atoms with Crippen molar-refractivity contribution in [2.45, 2.75) is 38.0 Å². The van der Waals surface area contributed by atoms with E-state index < -0.39 is 10.0 Å². The Hall–Kier alpha value is -3.32. The minimum atomic E-state index is -3.90. The van der Waals surface area contributed by atoms with E-state index >= 15 is 0 Å². The molecule has 1 aromatic heterocycles. The second kappa shape index (κ2) is 6.84. The molecule has 0 bridgehead atoms. The summed E-state index contributed by atoms with van der Waals surface area (Å²) in [6, 6.07) is 12.3. The number of carbonyl (C=O) groups is 1. The Bertz CT molecular complexity index is 1600. The number of hydrogen-bond donors (Lipinski definition) is 1. The Kier molecular flexibility index (Phi) is 4.21. The maximum atomic E-state index is 13.6. The van der Waals surface area contributed by atoms with Crippen LogP contribution in [-0.2, 0) is 22.9 Å². The van der Waals surface area contributed by atoms with Crippen LogP contribution in [0.4, 0.5) is 11.4 Å². The molecule has 1 amide bonds. The summed E-state index contributed by atoms with van der Waals surface area (Å²) in [4.78, 5) is 14.3. The molecule has 33 heavy (non-hydrogen) atoms. The number of sulfonamides is 1. The van der Waals surface area contributed by atoms with E-state index in [4.69, 9.17) is 4.42 Å². The van der Waals surface area contributed by atoms with Gasteiger partial charge in [-0.25, -0.2) is 8.42 Å². The van der Waals surface area contributed by atoms with Gasteiger partial charge in [-0.2, -0.15) is 0 Å². The molecular weight excluding hydrogens is 436 g/mol. The first-order valence-electron chi connectivity index (χ1n) is 11.2. The van der Waals surface area contributed by atoms with Crippen LogP contribution in [0.15, 0.2) is 51.8 Å². The van der Waals surface area contributed by atoms with E-state index in [-0.39, 0.29) is 10.8 Å². The summed E-state index contributed by atoms with van der Waals surface area (Å²) in [6.45, 7) is 4.11. The standard InChI is InChI=1S/C26H24N2O4S/c1-14-7-9-22-18(11-14)19-13-20(15(2)12-23(19)32-22)27-33(30,31)24-10-8-21-25-16(24)5-4-6-17(25)26(29)28(21)3/h4-6,8,10,12-14,27H,7,9,11H2,1-3H3/t14-/m0/s1. The monoisotopic (exact) mass is 460 g/mol. The van der Waals surface area contributed by atoms with Crippen LogP contribution in [-0.4, -0.2) is 21.4 Å². The number of benzene rings is 3. The Balaban J connectivity index is 1.47. The van der Waals surface area contributed by atoms with Crippen LogP contribution in [0.25, 0.3) is 21.7 Å². The smallest absolute Gasteiger partial charge is 0.262 e. The second-order valence-corrected chi connectivity index (χ2v) is 10.9. The summed E-state index contributed by atoms with van der Waals surface area (Å²) in [7, 11) is -2.19. The number of amides is 1. The largest absolute Gasteiger partial charge is 0.461 e. The van der Waals surface area contributed by atoms with Gasteiger partial charge < -0.3 is 9.32 Å². The quantitative estimate of drug-likeness (QED) is 0.443. The van der Waals surface area contributed by atoms with Gasteiger partial charge in [0.25, 0.3) is 15.9 Å². The van der Waals surface area contributed by atoms with Crippen molar-refractivity contribution in [3.63, 3.8) is 0 Å². The minimum Gasteiger partial charge on any atom is -0.461 e. The van der Waals surface area contributed by atoms with E-state index in [2.05, 4.69) is 11.6 Å². The predicted molar refractivity (Wildman–Crippen MR) is 130 cm³/mol. The summed E-state index contributed by atoms with van der Waals surface area (Å²) in [5.41, 5.74) is 4.59. The maximum Gasteiger partial charge on any atom is 0.262 e. The number of fused-ring (bicyclic) bond motifs is 3. The summed E-state index contributed by atoms with van der Waals surface area (Å²) in [5.74, 6) is 1.47. The molecule has 2 aliphatic rings. The Labute approximate surface area is 192 Å². The predicted octanol–water partition coefficient (Wildman–Crippen LogP) is 5.41. The highest BCUT2D eigenvalue weighted by Gasteiger charge is 2.30. The van der Waals surface area contributed by atoms with Gasteiger partial charge in [0.2, 0.25) is 0 Å². The third kappa shape index (κ3) is 2.92. The Morgan fingerprint density at radius 1 is 1.12 bits per heavy atom. The summed E-state index contributed by atoms with van der Waals surface area (Å²) < 4.78 is 36.0. The van der Waals surface area contributed by atoms with E-state index in [1.54, 1.807) is 42.3 Å². The normalized spacial score (nSPS) is 17.7. The number of nitrogens with zero attached hydrogens (tertiary/aromatic N) is 1. The van der Waals surface area contributed by atoms with Gasteiger partial charge in [-0.1, -0.05) is 19.1 Å². The summed E-state index contributed by atoms with van der Waals surface area (Å²) in [5, 5.41) is 2.20. The molecule has 0 spiro atoms. The third-order valence-corrected chi connectivity index (χ3v) is 8.47. The zero-order valence-corrected chi connectivity index (χ0v) is 19.5. The molecule has 6 nitrogen and oxygen atoms in total. The lowest BCUT2D eigenvalue weighted by Crippen LogP contribution is -2.20. The first-order chi connectivity index (χ1) is 15.7. The van der Waals surface area contributed by atoms with Crippen molar-refractivity contribution in [1.82, 2.24) is 0 Å². The molecule has 1 atom stereocenters. The molecule has 0 saturated heterocycles. The number of carbonyl (C=O) groups excluding carboxylic acids is 1. The molecular formula is C26H24N2O4S. The minimum absolute atomic E-state index is 0.127. The molecule has 4 aromatic rings. The highest BCUT2D eigenvalue weighted by molar-refractivity contribution is 7.93. The zero-order valence-electron chi connectivity index (χ0n) is 18.7. The van der Waals surface area contributed by atoms with Crippen LogP contribution in [0, 0.1) is 12.8 Å². The molecule has 168 valence electrons. The first kappa shape index (κ1) is 20.3. The Morgan fingerprint density at radius 2 is 1.94 bits per heavy atom. The van der Waals surface area contributed by atoms with Gasteiger partial charge in [0.05, 0.1) is 16.3 Å². The Morgan fingerprint density at radius 3 is 2.76 bits per heavy atom. The van der Waals surface area contributed by atoms with Crippen molar-refractivity contribution in [2.75, 3.05) is 16.7 Å². The first-order valence-corrected chi connectivity index (χ1v) is 12.6. The lowest BCUT2D eigenvalue weighted by molar-refractivity contribution is 0.0999. The molecule has 6 rings (SSSR count). The van der Waals surface area contributed by atoms with E-state index in [0.29, 0.717) is 27.9 Å². The topological polar surface area (TPSA) is 79.6 Å². The number of nitrogens with one attached hydrogen (secondary N) is 1. The van der Waals surface area contributed by atoms with Crippen molar-refractivity contribution >= 4 is 49.0 Å².